The fourth-order valence-electron chi connectivity index (χ4n) is 2.84. The zero-order valence-corrected chi connectivity index (χ0v) is 13.3. The minimum Gasteiger partial charge on any atom is -0.399 e. The summed E-state index contributed by atoms with van der Waals surface area (Å²) < 4.78 is 0. The predicted octanol–water partition coefficient (Wildman–Crippen LogP) is 3.04. The molecule has 0 aliphatic carbocycles. The van der Waals surface area contributed by atoms with E-state index in [1.54, 1.807) is 30.0 Å². The molecule has 4 rings (SSSR count). The molecule has 2 amide bonds. The lowest BCUT2D eigenvalue weighted by Crippen LogP contribution is -2.45. The van der Waals surface area contributed by atoms with Crippen molar-refractivity contribution in [3.63, 3.8) is 0 Å². The van der Waals surface area contributed by atoms with Crippen LogP contribution in [0.1, 0.15) is 20.7 Å². The van der Waals surface area contributed by atoms with Gasteiger partial charge in [0.25, 0.3) is 11.8 Å². The van der Waals surface area contributed by atoms with Crippen LogP contribution in [-0.4, -0.2) is 16.8 Å². The Labute approximate surface area is 142 Å². The maximum atomic E-state index is 12.3. The number of carbonyl (C=O) groups excluding carboxylic acids is 2. The van der Waals surface area contributed by atoms with Gasteiger partial charge in [0.1, 0.15) is 0 Å². The number of nitrogens with two attached hydrogens (primary N) is 2. The second kappa shape index (κ2) is 5.36. The summed E-state index contributed by atoms with van der Waals surface area (Å²) in [6.07, 6.45) is 0. The monoisotopic (exact) mass is 335 g/mol. The minimum absolute atomic E-state index is 0.448. The third kappa shape index (κ3) is 2.16. The summed E-state index contributed by atoms with van der Waals surface area (Å²) in [5.74, 6) is 4.65. The number of hydrazine groups is 1. The Hall–Kier alpha value is -2.83. The molecule has 3 aromatic carbocycles. The molecule has 118 valence electrons. The first-order chi connectivity index (χ1) is 11.6. The number of nitrogens with zero attached hydrogens (tertiary/aromatic N) is 1. The number of rotatable bonds is 2. The third-order valence-corrected chi connectivity index (χ3v) is 5.09. The van der Waals surface area contributed by atoms with Gasteiger partial charge in [-0.2, -0.15) is 0 Å². The number of amides is 2. The molecule has 0 saturated carbocycles. The molecule has 1 heterocycles. The second-order valence-corrected chi connectivity index (χ2v) is 6.61. The van der Waals surface area contributed by atoms with Crippen LogP contribution in [0.25, 0.3) is 10.8 Å². The SMILES string of the molecule is Nc1ccc(Sc2ccc3c4c(cccc24)C(=O)N(N)C3=O)cc1. The van der Waals surface area contributed by atoms with Crippen molar-refractivity contribution in [2.24, 2.45) is 5.84 Å². The average molecular weight is 335 g/mol. The first-order valence-electron chi connectivity index (χ1n) is 7.29. The van der Waals surface area contributed by atoms with Crippen LogP contribution in [0.5, 0.6) is 0 Å². The fourth-order valence-corrected chi connectivity index (χ4v) is 3.78. The molecule has 1 aliphatic rings. The van der Waals surface area contributed by atoms with Crippen molar-refractivity contribution in [1.82, 2.24) is 5.01 Å². The van der Waals surface area contributed by atoms with Gasteiger partial charge in [-0.15, -0.1) is 0 Å². The normalized spacial score (nSPS) is 13.6. The smallest absolute Gasteiger partial charge is 0.275 e. The van der Waals surface area contributed by atoms with Gasteiger partial charge >= 0.3 is 0 Å². The van der Waals surface area contributed by atoms with Gasteiger partial charge in [0.2, 0.25) is 0 Å². The van der Waals surface area contributed by atoms with Crippen molar-refractivity contribution in [1.29, 1.82) is 0 Å². The van der Waals surface area contributed by atoms with Crippen LogP contribution in [0.3, 0.4) is 0 Å². The van der Waals surface area contributed by atoms with Gasteiger partial charge in [0, 0.05) is 20.9 Å². The van der Waals surface area contributed by atoms with E-state index in [2.05, 4.69) is 0 Å². The molecule has 4 N–H and O–H groups in total. The van der Waals surface area contributed by atoms with Crippen LogP contribution >= 0.6 is 11.8 Å². The lowest BCUT2D eigenvalue weighted by molar-refractivity contribution is 0.0610. The summed E-state index contributed by atoms with van der Waals surface area (Å²) in [5.41, 5.74) is 7.32. The molecule has 0 saturated heterocycles. The van der Waals surface area contributed by atoms with Gasteiger partial charge < -0.3 is 5.73 Å². The number of hydrogen-bond donors (Lipinski definition) is 2. The van der Waals surface area contributed by atoms with Crippen LogP contribution in [0.15, 0.2) is 64.4 Å². The van der Waals surface area contributed by atoms with Crippen molar-refractivity contribution in [3.8, 4) is 0 Å². The average Bonchev–Trinajstić information content (AvgIpc) is 2.60. The van der Waals surface area contributed by atoms with Gasteiger partial charge in [-0.25, -0.2) is 10.9 Å². The number of benzene rings is 3. The van der Waals surface area contributed by atoms with Crippen LogP contribution in [0, 0.1) is 0 Å². The molecule has 0 bridgehead atoms. The van der Waals surface area contributed by atoms with E-state index < -0.39 is 11.8 Å². The first kappa shape index (κ1) is 14.7. The van der Waals surface area contributed by atoms with Gasteiger partial charge in [-0.1, -0.05) is 23.9 Å². The summed E-state index contributed by atoms with van der Waals surface area (Å²) >= 11 is 1.56. The summed E-state index contributed by atoms with van der Waals surface area (Å²) in [5, 5.41) is 2.19. The zero-order chi connectivity index (χ0) is 16.8. The highest BCUT2D eigenvalue weighted by atomic mass is 32.2. The summed E-state index contributed by atoms with van der Waals surface area (Å²) in [4.78, 5) is 26.6. The van der Waals surface area contributed by atoms with Gasteiger partial charge in [-0.05, 0) is 47.9 Å². The first-order valence-corrected chi connectivity index (χ1v) is 8.10. The Bertz CT molecular complexity index is 977. The fraction of sp³-hybridized carbons (Fsp3) is 0. The van der Waals surface area contributed by atoms with E-state index >= 15 is 0 Å². The second-order valence-electron chi connectivity index (χ2n) is 5.49. The Kier molecular flexibility index (Phi) is 3.30. The maximum absolute atomic E-state index is 12.3. The Morgan fingerprint density at radius 1 is 0.833 bits per heavy atom. The van der Waals surface area contributed by atoms with E-state index in [1.807, 2.05) is 36.4 Å². The number of anilines is 1. The molecule has 0 radical (unpaired) electrons. The van der Waals surface area contributed by atoms with E-state index in [9.17, 15) is 9.59 Å². The molecular weight excluding hydrogens is 322 g/mol. The largest absolute Gasteiger partial charge is 0.399 e. The number of hydrogen-bond acceptors (Lipinski definition) is 5. The van der Waals surface area contributed by atoms with Crippen molar-refractivity contribution in [2.45, 2.75) is 9.79 Å². The molecule has 1 aliphatic heterocycles. The highest BCUT2D eigenvalue weighted by Crippen LogP contribution is 2.38. The molecule has 0 fully saturated rings. The quantitative estimate of drug-likeness (QED) is 0.325. The zero-order valence-electron chi connectivity index (χ0n) is 12.5. The predicted molar refractivity (Wildman–Crippen MR) is 93.6 cm³/mol. The van der Waals surface area contributed by atoms with E-state index in [0.717, 1.165) is 15.2 Å². The summed E-state index contributed by atoms with van der Waals surface area (Å²) in [6.45, 7) is 0. The Morgan fingerprint density at radius 3 is 2.21 bits per heavy atom. The van der Waals surface area contributed by atoms with E-state index in [4.69, 9.17) is 11.6 Å². The van der Waals surface area contributed by atoms with Crippen LogP contribution in [0.2, 0.25) is 0 Å². The molecule has 0 atom stereocenters. The van der Waals surface area contributed by atoms with Crippen molar-refractivity contribution < 1.29 is 9.59 Å². The molecule has 0 spiro atoms. The van der Waals surface area contributed by atoms with Gasteiger partial charge in [-0.3, -0.25) is 9.59 Å². The Morgan fingerprint density at radius 2 is 1.50 bits per heavy atom. The summed E-state index contributed by atoms with van der Waals surface area (Å²) in [7, 11) is 0. The van der Waals surface area contributed by atoms with E-state index in [-0.39, 0.29) is 0 Å². The number of nitrogen functional groups attached to an aromatic ring is 1. The summed E-state index contributed by atoms with van der Waals surface area (Å²) in [6, 6.07) is 16.6. The number of imide groups is 1. The molecule has 3 aromatic rings. The van der Waals surface area contributed by atoms with Crippen LogP contribution in [-0.2, 0) is 0 Å². The third-order valence-electron chi connectivity index (χ3n) is 4.01. The molecule has 5 nitrogen and oxygen atoms in total. The minimum atomic E-state index is -0.479. The lowest BCUT2D eigenvalue weighted by Gasteiger charge is -2.23. The molecule has 0 unspecified atom stereocenters. The standard InChI is InChI=1S/C18H13N3O2S/c19-10-4-6-11(7-5-10)24-15-9-8-14-16-12(15)2-1-3-13(16)17(22)21(20)18(14)23/h1-9H,19-20H2. The van der Waals surface area contributed by atoms with Gasteiger partial charge in [0.05, 0.1) is 11.1 Å². The highest BCUT2D eigenvalue weighted by Gasteiger charge is 2.31. The van der Waals surface area contributed by atoms with Crippen LogP contribution in [0.4, 0.5) is 5.69 Å². The maximum Gasteiger partial charge on any atom is 0.275 e. The van der Waals surface area contributed by atoms with E-state index in [1.165, 1.54) is 0 Å². The van der Waals surface area contributed by atoms with Gasteiger partial charge in [0.15, 0.2) is 0 Å². The Balaban J connectivity index is 1.90. The topological polar surface area (TPSA) is 89.4 Å². The molecular formula is C18H13N3O2S. The highest BCUT2D eigenvalue weighted by molar-refractivity contribution is 7.99. The van der Waals surface area contributed by atoms with Crippen molar-refractivity contribution in [2.75, 3.05) is 5.73 Å². The lowest BCUT2D eigenvalue weighted by atomic mass is 9.95. The van der Waals surface area contributed by atoms with Crippen LogP contribution < -0.4 is 11.6 Å². The number of carbonyl (C=O) groups is 2. The molecule has 0 aromatic heterocycles. The molecule has 6 heteroatoms. The van der Waals surface area contributed by atoms with Crippen molar-refractivity contribution in [3.05, 3.63) is 65.7 Å². The van der Waals surface area contributed by atoms with E-state index in [0.29, 0.717) is 27.2 Å². The van der Waals surface area contributed by atoms with Crippen molar-refractivity contribution >= 4 is 40.0 Å². The molecule has 24 heavy (non-hydrogen) atoms.